The van der Waals surface area contributed by atoms with Crippen LogP contribution in [0.15, 0.2) is 36.5 Å². The van der Waals surface area contributed by atoms with Gasteiger partial charge in [0.1, 0.15) is 0 Å². The molecule has 0 aliphatic carbocycles. The Morgan fingerprint density at radius 3 is 2.81 bits per heavy atom. The summed E-state index contributed by atoms with van der Waals surface area (Å²) in [4.78, 5) is 6.74. The molecule has 3 aliphatic rings. The molecule has 3 saturated heterocycles. The summed E-state index contributed by atoms with van der Waals surface area (Å²) >= 11 is 0. The number of aromatic nitrogens is 1. The Balaban J connectivity index is 1.63. The van der Waals surface area contributed by atoms with Crippen LogP contribution < -0.4 is 0 Å². The van der Waals surface area contributed by atoms with Crippen molar-refractivity contribution in [2.75, 3.05) is 13.1 Å². The zero-order valence-corrected chi connectivity index (χ0v) is 11.9. The number of piperidine rings is 3. The molecule has 0 radical (unpaired) electrons. The minimum Gasteiger partial charge on any atom is -0.390 e. The van der Waals surface area contributed by atoms with Gasteiger partial charge >= 0.3 is 0 Å². The lowest BCUT2D eigenvalue weighted by molar-refractivity contribution is -0.0500. The summed E-state index contributed by atoms with van der Waals surface area (Å²) in [5.74, 6) is 6.91. The quantitative estimate of drug-likeness (QED) is 0.749. The summed E-state index contributed by atoms with van der Waals surface area (Å²) in [7, 11) is 0. The van der Waals surface area contributed by atoms with Crippen molar-refractivity contribution in [1.82, 2.24) is 9.88 Å². The Morgan fingerprint density at radius 1 is 1.19 bits per heavy atom. The number of hydrogen-bond donors (Lipinski definition) is 1. The molecular weight excluding hydrogens is 260 g/mol. The van der Waals surface area contributed by atoms with Crippen LogP contribution in [0.4, 0.5) is 0 Å². The summed E-state index contributed by atoms with van der Waals surface area (Å²) in [5.41, 5.74) is 1.91. The number of para-hydroxylation sites is 1. The molecule has 3 fully saturated rings. The lowest BCUT2D eigenvalue weighted by atomic mass is 9.81. The first-order chi connectivity index (χ1) is 10.3. The molecular formula is C18H18N2O. The fourth-order valence-corrected chi connectivity index (χ4v) is 3.49. The number of nitrogens with zero attached hydrogens (tertiary/aromatic N) is 2. The third kappa shape index (κ3) is 2.31. The molecule has 0 saturated carbocycles. The Morgan fingerprint density at radius 2 is 2.00 bits per heavy atom. The van der Waals surface area contributed by atoms with Crippen molar-refractivity contribution in [3.63, 3.8) is 0 Å². The van der Waals surface area contributed by atoms with Gasteiger partial charge in [-0.2, -0.15) is 0 Å². The number of fused-ring (bicyclic) bond motifs is 4. The molecule has 0 amide bonds. The van der Waals surface area contributed by atoms with Gasteiger partial charge in [0.2, 0.25) is 0 Å². The minimum absolute atomic E-state index is 0.0102. The summed E-state index contributed by atoms with van der Waals surface area (Å²) < 4.78 is 0. The normalized spacial score (nSPS) is 30.9. The predicted molar refractivity (Wildman–Crippen MR) is 82.7 cm³/mol. The third-order valence-electron chi connectivity index (χ3n) is 4.73. The molecule has 2 atom stereocenters. The van der Waals surface area contributed by atoms with E-state index >= 15 is 0 Å². The van der Waals surface area contributed by atoms with E-state index < -0.39 is 0 Å². The van der Waals surface area contributed by atoms with E-state index in [0.717, 1.165) is 42.4 Å². The number of aliphatic hydroxyl groups is 1. The van der Waals surface area contributed by atoms with Crippen LogP contribution in [0, 0.1) is 17.8 Å². The molecule has 1 aromatic carbocycles. The number of pyridine rings is 1. The zero-order valence-electron chi connectivity index (χ0n) is 11.9. The van der Waals surface area contributed by atoms with Gasteiger partial charge in [-0.15, -0.1) is 0 Å². The van der Waals surface area contributed by atoms with Crippen LogP contribution in [0.5, 0.6) is 0 Å². The Kier molecular flexibility index (Phi) is 3.14. The van der Waals surface area contributed by atoms with E-state index in [1.807, 2.05) is 24.4 Å². The monoisotopic (exact) mass is 278 g/mol. The van der Waals surface area contributed by atoms with Gasteiger partial charge in [-0.25, -0.2) is 0 Å². The first kappa shape index (κ1) is 12.8. The summed E-state index contributed by atoms with van der Waals surface area (Å²) in [6.07, 6.45) is 3.74. The molecule has 2 unspecified atom stereocenters. The topological polar surface area (TPSA) is 36.4 Å². The van der Waals surface area contributed by atoms with Gasteiger partial charge in [-0.3, -0.25) is 9.88 Å². The van der Waals surface area contributed by atoms with Crippen molar-refractivity contribution in [1.29, 1.82) is 0 Å². The van der Waals surface area contributed by atoms with Gasteiger partial charge in [0, 0.05) is 17.1 Å². The highest BCUT2D eigenvalue weighted by molar-refractivity contribution is 5.79. The van der Waals surface area contributed by atoms with E-state index in [1.54, 1.807) is 0 Å². The van der Waals surface area contributed by atoms with Gasteiger partial charge in [-0.05, 0) is 44.0 Å². The third-order valence-corrected chi connectivity index (χ3v) is 4.73. The fraction of sp³-hybridized carbons (Fsp3) is 0.389. The largest absolute Gasteiger partial charge is 0.390 e. The van der Waals surface area contributed by atoms with Crippen LogP contribution in [0.3, 0.4) is 0 Å². The Hall–Kier alpha value is -1.89. The molecule has 106 valence electrons. The van der Waals surface area contributed by atoms with E-state index in [-0.39, 0.29) is 12.1 Å². The Bertz CT molecular complexity index is 721. The van der Waals surface area contributed by atoms with Gasteiger partial charge in [-0.1, -0.05) is 30.0 Å². The molecule has 5 rings (SSSR count). The highest BCUT2D eigenvalue weighted by Gasteiger charge is 2.40. The molecule has 2 aromatic rings. The average molecular weight is 278 g/mol. The fourth-order valence-electron chi connectivity index (χ4n) is 3.49. The second-order valence-electron chi connectivity index (χ2n) is 5.99. The molecule has 3 aliphatic heterocycles. The van der Waals surface area contributed by atoms with Crippen molar-refractivity contribution in [3.8, 4) is 11.8 Å². The maximum absolute atomic E-state index is 10.3. The highest BCUT2D eigenvalue weighted by atomic mass is 16.3. The maximum Gasteiger partial charge on any atom is 0.0983 e. The van der Waals surface area contributed by atoms with Gasteiger partial charge in [0.25, 0.3) is 0 Å². The average Bonchev–Trinajstić information content (AvgIpc) is 2.55. The van der Waals surface area contributed by atoms with Crippen LogP contribution in [-0.2, 0) is 0 Å². The lowest BCUT2D eigenvalue weighted by Gasteiger charge is -2.46. The van der Waals surface area contributed by atoms with Crippen LogP contribution in [0.1, 0.15) is 18.4 Å². The zero-order chi connectivity index (χ0) is 14.2. The number of hydrogen-bond acceptors (Lipinski definition) is 3. The molecule has 4 heterocycles. The Labute approximate surface area is 124 Å². The second-order valence-corrected chi connectivity index (χ2v) is 5.99. The van der Waals surface area contributed by atoms with Gasteiger partial charge in [0.15, 0.2) is 0 Å². The van der Waals surface area contributed by atoms with E-state index in [1.165, 1.54) is 0 Å². The molecule has 2 bridgehead atoms. The molecule has 1 N–H and O–H groups in total. The van der Waals surface area contributed by atoms with Crippen LogP contribution in [0.25, 0.3) is 10.9 Å². The molecule has 3 nitrogen and oxygen atoms in total. The second kappa shape index (κ2) is 5.14. The lowest BCUT2D eigenvalue weighted by Crippen LogP contribution is -2.57. The van der Waals surface area contributed by atoms with Crippen molar-refractivity contribution in [3.05, 3.63) is 42.1 Å². The number of benzene rings is 1. The molecule has 3 heteroatoms. The number of rotatable bonds is 0. The molecule has 21 heavy (non-hydrogen) atoms. The summed E-state index contributed by atoms with van der Waals surface area (Å²) in [6.45, 7) is 2.13. The van der Waals surface area contributed by atoms with Gasteiger partial charge < -0.3 is 5.11 Å². The van der Waals surface area contributed by atoms with Crippen molar-refractivity contribution >= 4 is 10.9 Å². The standard InChI is InChI=1S/C18H18N2O/c21-18-14-7-9-20(10-8-14)17(18)6-5-13-11-15-3-1-2-4-16(15)19-12-13/h1-4,11-12,14,17-18,21H,7-10H2. The minimum atomic E-state index is -0.298. The SMILES string of the molecule is OC1C2CCN(CC2)C1C#Cc1cnc2ccccc2c1. The summed E-state index contributed by atoms with van der Waals surface area (Å²) in [6, 6.07) is 10.1. The van der Waals surface area contributed by atoms with Crippen LogP contribution >= 0.6 is 0 Å². The maximum atomic E-state index is 10.3. The predicted octanol–water partition coefficient (Wildman–Crippen LogP) is 2.04. The van der Waals surface area contributed by atoms with E-state index in [4.69, 9.17) is 0 Å². The molecule has 0 spiro atoms. The van der Waals surface area contributed by atoms with Crippen molar-refractivity contribution in [2.24, 2.45) is 5.92 Å². The highest BCUT2D eigenvalue weighted by Crippen LogP contribution is 2.31. The van der Waals surface area contributed by atoms with E-state index in [0.29, 0.717) is 5.92 Å². The van der Waals surface area contributed by atoms with Crippen molar-refractivity contribution in [2.45, 2.75) is 25.0 Å². The first-order valence-corrected chi connectivity index (χ1v) is 7.60. The van der Waals surface area contributed by atoms with Gasteiger partial charge in [0.05, 0.1) is 17.7 Å². The smallest absolute Gasteiger partial charge is 0.0983 e. The molecule has 1 aromatic heterocycles. The van der Waals surface area contributed by atoms with E-state index in [9.17, 15) is 5.11 Å². The summed E-state index contributed by atoms with van der Waals surface area (Å²) in [5, 5.41) is 11.5. The number of aliphatic hydroxyl groups excluding tert-OH is 1. The van der Waals surface area contributed by atoms with Crippen LogP contribution in [0.2, 0.25) is 0 Å². The van der Waals surface area contributed by atoms with E-state index in [2.05, 4.69) is 33.9 Å². The van der Waals surface area contributed by atoms with Crippen molar-refractivity contribution < 1.29 is 5.11 Å². The van der Waals surface area contributed by atoms with Crippen LogP contribution in [-0.4, -0.2) is 40.2 Å². The first-order valence-electron chi connectivity index (χ1n) is 7.60.